The van der Waals surface area contributed by atoms with Crippen LogP contribution < -0.4 is 0 Å². The minimum Gasteiger partial charge on any atom is -0.372 e. The van der Waals surface area contributed by atoms with Crippen molar-refractivity contribution in [2.24, 2.45) is 5.92 Å². The summed E-state index contributed by atoms with van der Waals surface area (Å²) in [6, 6.07) is 8.62. The number of hydrogen-bond donors (Lipinski definition) is 0. The third-order valence-electron chi connectivity index (χ3n) is 4.68. The smallest absolute Gasteiger partial charge is 0.133 e. The van der Waals surface area contributed by atoms with Crippen LogP contribution in [0.3, 0.4) is 0 Å². The number of carbonyl (C=O) groups excluding carboxylic acids is 1. The predicted octanol–water partition coefficient (Wildman–Crippen LogP) is 2.60. The van der Waals surface area contributed by atoms with Crippen molar-refractivity contribution in [3.8, 4) is 0 Å². The van der Waals surface area contributed by atoms with E-state index in [1.165, 1.54) is 11.1 Å². The summed E-state index contributed by atoms with van der Waals surface area (Å²) >= 11 is 0. The van der Waals surface area contributed by atoms with Gasteiger partial charge in [-0.2, -0.15) is 0 Å². The number of ketones is 1. The van der Waals surface area contributed by atoms with Gasteiger partial charge in [0.15, 0.2) is 0 Å². The fraction of sp³-hybridized carbons (Fsp3) is 0.588. The average molecular weight is 273 g/mol. The summed E-state index contributed by atoms with van der Waals surface area (Å²) in [5, 5.41) is 0. The van der Waals surface area contributed by atoms with Gasteiger partial charge in [-0.05, 0) is 50.4 Å². The zero-order valence-corrected chi connectivity index (χ0v) is 12.2. The van der Waals surface area contributed by atoms with Crippen molar-refractivity contribution in [2.45, 2.75) is 32.3 Å². The van der Waals surface area contributed by atoms with Gasteiger partial charge in [-0.1, -0.05) is 24.3 Å². The van der Waals surface area contributed by atoms with Gasteiger partial charge in [0.25, 0.3) is 0 Å². The van der Waals surface area contributed by atoms with Gasteiger partial charge in [-0.25, -0.2) is 0 Å². The molecule has 3 heteroatoms. The molecular formula is C17H23NO2. The molecule has 1 unspecified atom stereocenters. The Balaban J connectivity index is 1.61. The lowest BCUT2D eigenvalue weighted by Gasteiger charge is -2.35. The lowest BCUT2D eigenvalue weighted by atomic mass is 9.92. The second-order valence-corrected chi connectivity index (χ2v) is 5.99. The van der Waals surface area contributed by atoms with Crippen molar-refractivity contribution < 1.29 is 9.53 Å². The van der Waals surface area contributed by atoms with E-state index in [2.05, 4.69) is 29.2 Å². The topological polar surface area (TPSA) is 29.5 Å². The maximum atomic E-state index is 11.4. The van der Waals surface area contributed by atoms with Crippen LogP contribution in [0.5, 0.6) is 0 Å². The molecule has 1 fully saturated rings. The van der Waals surface area contributed by atoms with E-state index in [4.69, 9.17) is 4.74 Å². The molecule has 0 N–H and O–H groups in total. The second kappa shape index (κ2) is 6.06. The van der Waals surface area contributed by atoms with E-state index in [0.29, 0.717) is 5.78 Å². The zero-order valence-electron chi connectivity index (χ0n) is 12.2. The molecule has 0 aliphatic carbocycles. The molecule has 1 atom stereocenters. The maximum absolute atomic E-state index is 11.4. The van der Waals surface area contributed by atoms with Crippen molar-refractivity contribution in [3.05, 3.63) is 35.4 Å². The van der Waals surface area contributed by atoms with Crippen LogP contribution in [0.25, 0.3) is 0 Å². The predicted molar refractivity (Wildman–Crippen MR) is 78.7 cm³/mol. The molecule has 2 heterocycles. The van der Waals surface area contributed by atoms with Gasteiger partial charge in [0.2, 0.25) is 0 Å². The molecule has 2 aliphatic rings. The van der Waals surface area contributed by atoms with Crippen molar-refractivity contribution >= 4 is 5.78 Å². The molecule has 0 bridgehead atoms. The number of ether oxygens (including phenoxy) is 1. The Morgan fingerprint density at radius 1 is 1.30 bits per heavy atom. The van der Waals surface area contributed by atoms with E-state index in [-0.39, 0.29) is 12.0 Å². The lowest BCUT2D eigenvalue weighted by Crippen LogP contribution is -2.39. The van der Waals surface area contributed by atoms with Crippen LogP contribution in [0, 0.1) is 5.92 Å². The van der Waals surface area contributed by atoms with Crippen LogP contribution in [0.1, 0.15) is 37.0 Å². The molecule has 0 radical (unpaired) electrons. The van der Waals surface area contributed by atoms with Gasteiger partial charge in [0.1, 0.15) is 5.78 Å². The summed E-state index contributed by atoms with van der Waals surface area (Å²) in [6.45, 7) is 5.55. The van der Waals surface area contributed by atoms with Crippen LogP contribution in [0.4, 0.5) is 0 Å². The summed E-state index contributed by atoms with van der Waals surface area (Å²) < 4.78 is 5.97. The highest BCUT2D eigenvalue weighted by Crippen LogP contribution is 2.29. The standard InChI is InChI=1S/C17H23NO2/c1-13(19)14-6-9-18(10-7-14)12-17-16-5-3-2-4-15(16)8-11-20-17/h2-5,14,17H,6-12H2,1H3. The van der Waals surface area contributed by atoms with Gasteiger partial charge in [0, 0.05) is 12.5 Å². The fourth-order valence-corrected chi connectivity index (χ4v) is 3.38. The summed E-state index contributed by atoms with van der Waals surface area (Å²) in [5.74, 6) is 0.634. The molecule has 3 rings (SSSR count). The van der Waals surface area contributed by atoms with Gasteiger partial charge >= 0.3 is 0 Å². The summed E-state index contributed by atoms with van der Waals surface area (Å²) in [7, 11) is 0. The van der Waals surface area contributed by atoms with Gasteiger partial charge in [-0.15, -0.1) is 0 Å². The molecule has 0 amide bonds. The summed E-state index contributed by atoms with van der Waals surface area (Å²) in [5.41, 5.74) is 2.79. The number of nitrogens with zero attached hydrogens (tertiary/aromatic N) is 1. The molecule has 1 aromatic rings. The SMILES string of the molecule is CC(=O)C1CCN(CC2OCCc3ccccc32)CC1. The van der Waals surface area contributed by atoms with Crippen LogP contribution in [0.15, 0.2) is 24.3 Å². The quantitative estimate of drug-likeness (QED) is 0.848. The van der Waals surface area contributed by atoms with E-state index in [9.17, 15) is 4.79 Å². The molecule has 1 aromatic carbocycles. The van der Waals surface area contributed by atoms with Crippen LogP contribution >= 0.6 is 0 Å². The minimum atomic E-state index is 0.203. The molecule has 0 aromatic heterocycles. The lowest BCUT2D eigenvalue weighted by molar-refractivity contribution is -0.122. The highest BCUT2D eigenvalue weighted by atomic mass is 16.5. The Kier molecular flexibility index (Phi) is 4.18. The van der Waals surface area contributed by atoms with E-state index in [0.717, 1.165) is 45.5 Å². The first kappa shape index (κ1) is 13.8. The Hall–Kier alpha value is -1.19. The molecule has 1 saturated heterocycles. The number of piperidine rings is 1. The van der Waals surface area contributed by atoms with E-state index in [1.807, 2.05) is 0 Å². The minimum absolute atomic E-state index is 0.203. The second-order valence-electron chi connectivity index (χ2n) is 5.99. The van der Waals surface area contributed by atoms with Crippen molar-refractivity contribution in [1.29, 1.82) is 0 Å². The maximum Gasteiger partial charge on any atom is 0.133 e. The summed E-state index contributed by atoms with van der Waals surface area (Å²) in [4.78, 5) is 13.9. The van der Waals surface area contributed by atoms with Gasteiger partial charge < -0.3 is 9.64 Å². The number of Topliss-reactive ketones (excluding diaryl/α,β-unsaturated/α-hetero) is 1. The Morgan fingerprint density at radius 2 is 2.05 bits per heavy atom. The number of benzene rings is 1. The number of likely N-dealkylation sites (tertiary alicyclic amines) is 1. The molecular weight excluding hydrogens is 250 g/mol. The van der Waals surface area contributed by atoms with Crippen molar-refractivity contribution in [1.82, 2.24) is 4.90 Å². The van der Waals surface area contributed by atoms with E-state index in [1.54, 1.807) is 6.92 Å². The van der Waals surface area contributed by atoms with Crippen LogP contribution in [0.2, 0.25) is 0 Å². The third kappa shape index (κ3) is 2.94. The number of rotatable bonds is 3. The molecule has 2 aliphatic heterocycles. The zero-order chi connectivity index (χ0) is 13.9. The molecule has 20 heavy (non-hydrogen) atoms. The highest BCUT2D eigenvalue weighted by Gasteiger charge is 2.27. The van der Waals surface area contributed by atoms with Gasteiger partial charge in [0.05, 0.1) is 12.7 Å². The third-order valence-corrected chi connectivity index (χ3v) is 4.68. The van der Waals surface area contributed by atoms with E-state index >= 15 is 0 Å². The number of hydrogen-bond acceptors (Lipinski definition) is 3. The largest absolute Gasteiger partial charge is 0.372 e. The Morgan fingerprint density at radius 3 is 2.80 bits per heavy atom. The first-order chi connectivity index (χ1) is 9.74. The van der Waals surface area contributed by atoms with Crippen LogP contribution in [-0.4, -0.2) is 36.9 Å². The fourth-order valence-electron chi connectivity index (χ4n) is 3.38. The average Bonchev–Trinajstić information content (AvgIpc) is 2.48. The van der Waals surface area contributed by atoms with Gasteiger partial charge in [-0.3, -0.25) is 4.79 Å². The molecule has 0 spiro atoms. The molecule has 0 saturated carbocycles. The number of carbonyl (C=O) groups is 1. The van der Waals surface area contributed by atoms with Crippen molar-refractivity contribution in [3.63, 3.8) is 0 Å². The first-order valence-electron chi connectivity index (χ1n) is 7.66. The number of fused-ring (bicyclic) bond motifs is 1. The summed E-state index contributed by atoms with van der Waals surface area (Å²) in [6.07, 6.45) is 3.24. The van der Waals surface area contributed by atoms with Crippen molar-refractivity contribution in [2.75, 3.05) is 26.2 Å². The highest BCUT2D eigenvalue weighted by molar-refractivity contribution is 5.78. The molecule has 3 nitrogen and oxygen atoms in total. The first-order valence-corrected chi connectivity index (χ1v) is 7.66. The monoisotopic (exact) mass is 273 g/mol. The Bertz CT molecular complexity index is 478. The normalized spacial score (nSPS) is 24.4. The van der Waals surface area contributed by atoms with E-state index < -0.39 is 0 Å². The van der Waals surface area contributed by atoms with Crippen LogP contribution in [-0.2, 0) is 16.0 Å². The Labute approximate surface area is 120 Å². The molecule has 108 valence electrons.